The number of hydrogen-bond donors (Lipinski definition) is 0. The molecule has 12 heavy (non-hydrogen) atoms. The monoisotopic (exact) mass is 161 g/mol. The molecule has 1 aromatic rings. The Morgan fingerprint density at radius 1 is 1.33 bits per heavy atom. The lowest BCUT2D eigenvalue weighted by molar-refractivity contribution is -0.149. The van der Waals surface area contributed by atoms with Crippen LogP contribution in [0.4, 0.5) is 0 Å². The molecule has 2 rings (SSSR count). The number of fused-ring (bicyclic) bond motifs is 1. The van der Waals surface area contributed by atoms with Gasteiger partial charge in [-0.15, -0.1) is 0 Å². The molecule has 2 nitrogen and oxygen atoms in total. The van der Waals surface area contributed by atoms with Crippen molar-refractivity contribution in [3.63, 3.8) is 0 Å². The Morgan fingerprint density at radius 3 is 2.83 bits per heavy atom. The summed E-state index contributed by atoms with van der Waals surface area (Å²) < 4.78 is 0. The van der Waals surface area contributed by atoms with E-state index >= 15 is 0 Å². The molecule has 0 fully saturated rings. The fourth-order valence-corrected chi connectivity index (χ4v) is 1.34. The van der Waals surface area contributed by atoms with E-state index in [-0.39, 0.29) is 0 Å². The molecule has 1 aliphatic rings. The number of rotatable bonds is 1. The summed E-state index contributed by atoms with van der Waals surface area (Å²) in [4.78, 5) is 5.37. The smallest absolute Gasteiger partial charge is 0.100 e. The normalized spacial score (nSPS) is 15.5. The van der Waals surface area contributed by atoms with Crippen LogP contribution in [0, 0.1) is 0 Å². The van der Waals surface area contributed by atoms with E-state index in [1.165, 1.54) is 11.1 Å². The van der Waals surface area contributed by atoms with E-state index in [0.29, 0.717) is 6.61 Å². The zero-order valence-electron chi connectivity index (χ0n) is 6.86. The van der Waals surface area contributed by atoms with Gasteiger partial charge in [-0.3, -0.25) is 9.90 Å². The first-order valence-corrected chi connectivity index (χ1v) is 3.99. The van der Waals surface area contributed by atoms with Crippen LogP contribution in [0.15, 0.2) is 37.0 Å². The molecule has 0 saturated heterocycles. The third kappa shape index (κ3) is 1.21. The Bertz CT molecular complexity index is 296. The minimum Gasteiger partial charge on any atom is -0.269 e. The predicted molar refractivity (Wildman–Crippen MR) is 47.0 cm³/mol. The van der Waals surface area contributed by atoms with Crippen LogP contribution in [0.1, 0.15) is 11.1 Å². The molecule has 1 heterocycles. The van der Waals surface area contributed by atoms with Crippen LogP contribution < -0.4 is 0 Å². The second kappa shape index (κ2) is 2.99. The quantitative estimate of drug-likeness (QED) is 0.625. The summed E-state index contributed by atoms with van der Waals surface area (Å²) in [5.74, 6) is 0. The molecule has 0 atom stereocenters. The molecule has 0 unspecified atom stereocenters. The fraction of sp³-hybridized carbons (Fsp3) is 0.200. The van der Waals surface area contributed by atoms with Crippen molar-refractivity contribution in [2.24, 2.45) is 0 Å². The summed E-state index contributed by atoms with van der Waals surface area (Å²) in [6.07, 6.45) is 1.70. The standard InChI is InChI=1S/C10H11NO/c1-2-11-7-9-5-3-4-6-10(9)8-12-11/h2-6H,1,7-8H2. The third-order valence-corrected chi connectivity index (χ3v) is 2.03. The van der Waals surface area contributed by atoms with E-state index < -0.39 is 0 Å². The van der Waals surface area contributed by atoms with Crippen LogP contribution in [0.2, 0.25) is 0 Å². The van der Waals surface area contributed by atoms with Crippen LogP contribution in [-0.4, -0.2) is 5.06 Å². The molecular formula is C10H11NO. The van der Waals surface area contributed by atoms with E-state index in [1.807, 2.05) is 12.1 Å². The molecular weight excluding hydrogens is 150 g/mol. The van der Waals surface area contributed by atoms with Gasteiger partial charge in [-0.2, -0.15) is 0 Å². The summed E-state index contributed by atoms with van der Waals surface area (Å²) in [6, 6.07) is 8.29. The zero-order valence-corrected chi connectivity index (χ0v) is 6.86. The van der Waals surface area contributed by atoms with Crippen LogP contribution in [0.3, 0.4) is 0 Å². The summed E-state index contributed by atoms with van der Waals surface area (Å²) in [6.45, 7) is 5.12. The van der Waals surface area contributed by atoms with Gasteiger partial charge in [0.25, 0.3) is 0 Å². The van der Waals surface area contributed by atoms with Gasteiger partial charge in [0.15, 0.2) is 0 Å². The maximum absolute atomic E-state index is 5.37. The minimum atomic E-state index is 0.655. The van der Waals surface area contributed by atoms with Gasteiger partial charge in [-0.25, -0.2) is 0 Å². The summed E-state index contributed by atoms with van der Waals surface area (Å²) in [5.41, 5.74) is 2.60. The Morgan fingerprint density at radius 2 is 2.08 bits per heavy atom. The highest BCUT2D eigenvalue weighted by atomic mass is 16.7. The molecule has 0 spiro atoms. The maximum Gasteiger partial charge on any atom is 0.100 e. The summed E-state index contributed by atoms with van der Waals surface area (Å²) in [5, 5.41) is 1.75. The van der Waals surface area contributed by atoms with Crippen LogP contribution >= 0.6 is 0 Å². The van der Waals surface area contributed by atoms with E-state index in [9.17, 15) is 0 Å². The van der Waals surface area contributed by atoms with Crippen molar-refractivity contribution in [2.45, 2.75) is 13.2 Å². The molecule has 0 radical (unpaired) electrons. The van der Waals surface area contributed by atoms with Crippen LogP contribution in [0.5, 0.6) is 0 Å². The minimum absolute atomic E-state index is 0.655. The molecule has 0 saturated carbocycles. The number of hydrogen-bond acceptors (Lipinski definition) is 2. The second-order valence-corrected chi connectivity index (χ2v) is 2.80. The fourth-order valence-electron chi connectivity index (χ4n) is 1.34. The number of nitrogens with zero attached hydrogens (tertiary/aromatic N) is 1. The lowest BCUT2D eigenvalue weighted by Gasteiger charge is -2.26. The second-order valence-electron chi connectivity index (χ2n) is 2.80. The van der Waals surface area contributed by atoms with Crippen molar-refractivity contribution < 1.29 is 4.84 Å². The van der Waals surface area contributed by atoms with Gasteiger partial charge in [0.05, 0.1) is 6.54 Å². The Hall–Kier alpha value is -1.28. The SMILES string of the molecule is C=CN1Cc2ccccc2CO1. The molecule has 62 valence electrons. The molecule has 0 amide bonds. The Labute approximate surface area is 72.0 Å². The van der Waals surface area contributed by atoms with E-state index in [0.717, 1.165) is 6.54 Å². The molecule has 0 N–H and O–H groups in total. The maximum atomic E-state index is 5.37. The third-order valence-electron chi connectivity index (χ3n) is 2.03. The first-order valence-electron chi connectivity index (χ1n) is 3.99. The largest absolute Gasteiger partial charge is 0.269 e. The summed E-state index contributed by atoms with van der Waals surface area (Å²) >= 11 is 0. The van der Waals surface area contributed by atoms with Gasteiger partial charge < -0.3 is 0 Å². The lowest BCUT2D eigenvalue weighted by Crippen LogP contribution is -2.22. The van der Waals surface area contributed by atoms with Gasteiger partial charge in [0.1, 0.15) is 6.61 Å². The van der Waals surface area contributed by atoms with Crippen molar-refractivity contribution in [1.82, 2.24) is 5.06 Å². The van der Waals surface area contributed by atoms with E-state index in [2.05, 4.69) is 18.7 Å². The van der Waals surface area contributed by atoms with Crippen molar-refractivity contribution in [1.29, 1.82) is 0 Å². The first-order chi connectivity index (χ1) is 5.90. The molecule has 0 aromatic heterocycles. The molecule has 0 bridgehead atoms. The lowest BCUT2D eigenvalue weighted by atomic mass is 10.1. The van der Waals surface area contributed by atoms with Crippen LogP contribution in [0.25, 0.3) is 0 Å². The van der Waals surface area contributed by atoms with Gasteiger partial charge in [-0.1, -0.05) is 30.8 Å². The Kier molecular flexibility index (Phi) is 1.84. The van der Waals surface area contributed by atoms with Crippen molar-refractivity contribution in [3.05, 3.63) is 48.2 Å². The number of hydroxylamine groups is 2. The number of benzene rings is 1. The average molecular weight is 161 g/mol. The van der Waals surface area contributed by atoms with E-state index in [4.69, 9.17) is 4.84 Å². The topological polar surface area (TPSA) is 12.5 Å². The van der Waals surface area contributed by atoms with Crippen molar-refractivity contribution in [2.75, 3.05) is 0 Å². The molecule has 0 aliphatic carbocycles. The molecule has 1 aromatic carbocycles. The van der Waals surface area contributed by atoms with Crippen molar-refractivity contribution >= 4 is 0 Å². The summed E-state index contributed by atoms with van der Waals surface area (Å²) in [7, 11) is 0. The van der Waals surface area contributed by atoms with Gasteiger partial charge in [-0.05, 0) is 11.1 Å². The average Bonchev–Trinajstić information content (AvgIpc) is 2.17. The Balaban J connectivity index is 2.28. The van der Waals surface area contributed by atoms with Crippen LogP contribution in [-0.2, 0) is 18.0 Å². The molecule has 1 aliphatic heterocycles. The van der Waals surface area contributed by atoms with Gasteiger partial charge in [0, 0.05) is 6.20 Å². The highest BCUT2D eigenvalue weighted by molar-refractivity contribution is 5.27. The highest BCUT2D eigenvalue weighted by Gasteiger charge is 2.12. The predicted octanol–water partition coefficient (Wildman–Crippen LogP) is 2.08. The zero-order chi connectivity index (χ0) is 8.39. The van der Waals surface area contributed by atoms with Gasteiger partial charge >= 0.3 is 0 Å². The molecule has 2 heteroatoms. The van der Waals surface area contributed by atoms with Crippen molar-refractivity contribution in [3.8, 4) is 0 Å². The van der Waals surface area contributed by atoms with E-state index in [1.54, 1.807) is 11.3 Å². The first kappa shape index (κ1) is 7.37. The van der Waals surface area contributed by atoms with Gasteiger partial charge in [0.2, 0.25) is 0 Å². The highest BCUT2D eigenvalue weighted by Crippen LogP contribution is 2.18.